The first-order valence-corrected chi connectivity index (χ1v) is 18.0. The first-order chi connectivity index (χ1) is 24.4. The van der Waals surface area contributed by atoms with Crippen LogP contribution in [0, 0.1) is 23.6 Å². The van der Waals surface area contributed by atoms with Gasteiger partial charge in [-0.3, -0.25) is 9.78 Å². The standard InChI is InChI=1S/C26H28N.C16H10.C5H8O2.Ir/c1-3-9-21(10-4-1)25-19-23(22-11-5-6-12-24(22)27-25)20-13-17-26(18-14-20)15-7-2-8-16-26;1-2-7-13(8-3-1)16-12-6-10-14-9-4-5-11-15(14)16;1-4(6)3-5(2)7;/h1,3-6,9,11-12,19-20H,2,7-8,13-18H2;1-7,9-11H;3,6H,1-2H3;/q-1;-2;;+3/b;;4-3-;. The third-order valence-electron chi connectivity index (χ3n) is 10.2. The number of hydrogen-bond donors (Lipinski definition) is 1. The van der Waals surface area contributed by atoms with Gasteiger partial charge in [0.2, 0.25) is 0 Å². The number of aliphatic hydroxyl groups is 1. The molecule has 0 bridgehead atoms. The molecule has 0 saturated heterocycles. The van der Waals surface area contributed by atoms with Crippen molar-refractivity contribution in [1.82, 2.24) is 4.98 Å². The maximum atomic E-state index is 10.0. The number of carbonyl (C=O) groups excluding carboxylic acids is 1. The van der Waals surface area contributed by atoms with E-state index in [0.717, 1.165) is 27.9 Å². The van der Waals surface area contributed by atoms with Crippen LogP contribution in [0.5, 0.6) is 0 Å². The van der Waals surface area contributed by atoms with Crippen LogP contribution in [-0.2, 0) is 24.9 Å². The number of carbonyl (C=O) groups is 1. The molecule has 0 unspecified atom stereocenters. The molecule has 0 atom stereocenters. The van der Waals surface area contributed by atoms with Crippen LogP contribution in [0.15, 0.2) is 127 Å². The van der Waals surface area contributed by atoms with Gasteiger partial charge in [0.1, 0.15) is 0 Å². The quantitative estimate of drug-likeness (QED) is 0.109. The molecule has 8 rings (SSSR count). The fourth-order valence-electron chi connectivity index (χ4n) is 7.80. The predicted molar refractivity (Wildman–Crippen MR) is 207 cm³/mol. The minimum absolute atomic E-state index is 0. The van der Waals surface area contributed by atoms with E-state index in [0.29, 0.717) is 11.3 Å². The summed E-state index contributed by atoms with van der Waals surface area (Å²) in [6.45, 7) is 2.85. The van der Waals surface area contributed by atoms with Crippen molar-refractivity contribution >= 4 is 27.5 Å². The van der Waals surface area contributed by atoms with Crippen LogP contribution >= 0.6 is 0 Å². The number of hydrogen-bond acceptors (Lipinski definition) is 3. The summed E-state index contributed by atoms with van der Waals surface area (Å²) in [5, 5.41) is 12.2. The van der Waals surface area contributed by atoms with E-state index < -0.39 is 0 Å². The van der Waals surface area contributed by atoms with Crippen molar-refractivity contribution in [2.24, 2.45) is 5.41 Å². The average Bonchev–Trinajstić information content (AvgIpc) is 3.15. The molecule has 2 aliphatic carbocycles. The van der Waals surface area contributed by atoms with Gasteiger partial charge < -0.3 is 5.11 Å². The number of fused-ring (bicyclic) bond motifs is 2. The van der Waals surface area contributed by atoms with E-state index in [9.17, 15) is 4.79 Å². The van der Waals surface area contributed by atoms with E-state index >= 15 is 0 Å². The molecule has 1 aromatic heterocycles. The van der Waals surface area contributed by atoms with Crippen LogP contribution in [0.4, 0.5) is 0 Å². The van der Waals surface area contributed by atoms with Crippen molar-refractivity contribution in [2.45, 2.75) is 77.6 Å². The summed E-state index contributed by atoms with van der Waals surface area (Å²) in [4.78, 5) is 15.0. The zero-order chi connectivity index (χ0) is 34.8. The Balaban J connectivity index is 0.000000178. The molecule has 4 heteroatoms. The van der Waals surface area contributed by atoms with Gasteiger partial charge in [-0.05, 0) is 81.0 Å². The molecule has 6 aromatic rings. The molecule has 3 nitrogen and oxygen atoms in total. The summed E-state index contributed by atoms with van der Waals surface area (Å²) in [6, 6.07) is 49.6. The van der Waals surface area contributed by atoms with Crippen LogP contribution in [0.2, 0.25) is 0 Å². The molecule has 1 spiro atoms. The summed E-state index contributed by atoms with van der Waals surface area (Å²) in [5.41, 5.74) is 7.70. The van der Waals surface area contributed by atoms with Crippen molar-refractivity contribution in [3.05, 3.63) is 151 Å². The van der Waals surface area contributed by atoms with Crippen LogP contribution in [-0.4, -0.2) is 15.9 Å². The Kier molecular flexibility index (Phi) is 13.5. The van der Waals surface area contributed by atoms with E-state index in [1.807, 2.05) is 36.4 Å². The first-order valence-electron chi connectivity index (χ1n) is 18.0. The molecular formula is C47H46IrNO2. The molecule has 0 radical (unpaired) electrons. The van der Waals surface area contributed by atoms with Gasteiger partial charge in [-0.1, -0.05) is 61.7 Å². The zero-order valence-electron chi connectivity index (χ0n) is 29.6. The fourth-order valence-corrected chi connectivity index (χ4v) is 7.80. The van der Waals surface area contributed by atoms with Crippen molar-refractivity contribution in [3.8, 4) is 22.4 Å². The number of para-hydroxylation sites is 1. The number of rotatable bonds is 4. The maximum Gasteiger partial charge on any atom is 3.00 e. The molecule has 1 heterocycles. The van der Waals surface area contributed by atoms with Crippen LogP contribution in [0.25, 0.3) is 44.1 Å². The van der Waals surface area contributed by atoms with Gasteiger partial charge in [0, 0.05) is 11.5 Å². The van der Waals surface area contributed by atoms with Crippen molar-refractivity contribution < 1.29 is 30.0 Å². The molecule has 0 amide bonds. The summed E-state index contributed by atoms with van der Waals surface area (Å²) >= 11 is 0. The first kappa shape index (κ1) is 37.9. The molecule has 1 N–H and O–H groups in total. The SMILES string of the molecule is CC(=O)/C=C(/C)O.[Ir+3].[c-]1ccccc1-c1[c-]ccc2ccccc12.[c-]1ccccc1-c1cc(C2CCC3(CCCCC3)CC2)c2ccccc2n1. The van der Waals surface area contributed by atoms with Crippen LogP contribution in [0.1, 0.15) is 83.1 Å². The number of nitrogens with zero attached hydrogens (tertiary/aromatic N) is 1. The molecule has 2 saturated carbocycles. The Hall–Kier alpha value is -4.37. The van der Waals surface area contributed by atoms with Crippen molar-refractivity contribution in [3.63, 3.8) is 0 Å². The number of ketones is 1. The summed E-state index contributed by atoms with van der Waals surface area (Å²) in [7, 11) is 0. The second-order valence-corrected chi connectivity index (χ2v) is 13.8. The summed E-state index contributed by atoms with van der Waals surface area (Å²) < 4.78 is 0. The molecule has 0 aliphatic heterocycles. The van der Waals surface area contributed by atoms with Gasteiger partial charge >= 0.3 is 20.1 Å². The average molecular weight is 849 g/mol. The van der Waals surface area contributed by atoms with Gasteiger partial charge in [-0.15, -0.1) is 64.9 Å². The third-order valence-corrected chi connectivity index (χ3v) is 10.2. The Bertz CT molecular complexity index is 2030. The molecule has 5 aromatic carbocycles. The topological polar surface area (TPSA) is 50.2 Å². The number of benzene rings is 5. The minimum atomic E-state index is -0.125. The van der Waals surface area contributed by atoms with Crippen molar-refractivity contribution in [1.29, 1.82) is 0 Å². The Labute approximate surface area is 317 Å². The summed E-state index contributed by atoms with van der Waals surface area (Å²) in [6.07, 6.45) is 14.0. The Morgan fingerprint density at radius 2 is 1.35 bits per heavy atom. The summed E-state index contributed by atoms with van der Waals surface area (Å²) in [5.74, 6) is 0.611. The number of pyridine rings is 1. The van der Waals surface area contributed by atoms with E-state index in [1.165, 1.54) is 99.4 Å². The van der Waals surface area contributed by atoms with Gasteiger partial charge in [0.15, 0.2) is 5.78 Å². The Morgan fingerprint density at radius 1 is 0.725 bits per heavy atom. The molecule has 260 valence electrons. The van der Waals surface area contributed by atoms with Crippen molar-refractivity contribution in [2.75, 3.05) is 0 Å². The largest absolute Gasteiger partial charge is 3.00 e. The van der Waals surface area contributed by atoms with Crippen LogP contribution < -0.4 is 0 Å². The number of aliphatic hydroxyl groups excluding tert-OH is 1. The number of aromatic nitrogens is 1. The minimum Gasteiger partial charge on any atom is -0.512 e. The van der Waals surface area contributed by atoms with E-state index in [1.54, 1.807) is 0 Å². The van der Waals surface area contributed by atoms with Gasteiger partial charge in [0.25, 0.3) is 0 Å². The monoisotopic (exact) mass is 849 g/mol. The fraction of sp³-hybridized carbons (Fsp3) is 0.277. The van der Waals surface area contributed by atoms with Gasteiger partial charge in [-0.25, -0.2) is 11.1 Å². The maximum absolute atomic E-state index is 10.0. The third kappa shape index (κ3) is 9.91. The van der Waals surface area contributed by atoms with E-state index in [2.05, 4.69) is 97.1 Å². The molecule has 51 heavy (non-hydrogen) atoms. The normalized spacial score (nSPS) is 15.5. The number of allylic oxidation sites excluding steroid dienone is 2. The zero-order valence-corrected chi connectivity index (χ0v) is 32.0. The second-order valence-electron chi connectivity index (χ2n) is 13.8. The molecule has 2 aliphatic rings. The van der Waals surface area contributed by atoms with Gasteiger partial charge in [0.05, 0.1) is 11.3 Å². The molecule has 2 fully saturated rings. The molecular weight excluding hydrogens is 803 g/mol. The Morgan fingerprint density at radius 3 is 1.98 bits per heavy atom. The van der Waals surface area contributed by atoms with Gasteiger partial charge in [-0.2, -0.15) is 36.4 Å². The predicted octanol–water partition coefficient (Wildman–Crippen LogP) is 12.5. The van der Waals surface area contributed by atoms with E-state index in [4.69, 9.17) is 10.1 Å². The smallest absolute Gasteiger partial charge is 0.512 e. The van der Waals surface area contributed by atoms with E-state index in [-0.39, 0.29) is 31.6 Å². The van der Waals surface area contributed by atoms with Crippen LogP contribution in [0.3, 0.4) is 0 Å². The second kappa shape index (κ2) is 18.2.